The first kappa shape index (κ1) is 29.2. The Morgan fingerprint density at radius 2 is 1.65 bits per heavy atom. The van der Waals surface area contributed by atoms with Gasteiger partial charge in [0.2, 0.25) is 5.91 Å². The van der Waals surface area contributed by atoms with E-state index >= 15 is 0 Å². The molecule has 1 saturated carbocycles. The number of urea groups is 1. The van der Waals surface area contributed by atoms with Gasteiger partial charge in [0.15, 0.2) is 0 Å². The topological polar surface area (TPSA) is 64.2 Å². The van der Waals surface area contributed by atoms with Crippen LogP contribution >= 0.6 is 12.4 Å². The number of hydrogen-bond donors (Lipinski definition) is 0. The molecule has 5 fully saturated rings. The van der Waals surface area contributed by atoms with Crippen LogP contribution in [0.3, 0.4) is 0 Å². The van der Waals surface area contributed by atoms with Gasteiger partial charge in [0.25, 0.3) is 12.3 Å². The Labute approximate surface area is 241 Å². The number of rotatable bonds is 7. The number of piperidine rings is 1. The lowest BCUT2D eigenvalue weighted by Crippen LogP contribution is -2.62. The molecule has 1 spiro atoms. The minimum atomic E-state index is -2.75. The predicted octanol–water partition coefficient (Wildman–Crippen LogP) is 4.75. The lowest BCUT2D eigenvalue weighted by atomic mass is 9.79. The summed E-state index contributed by atoms with van der Waals surface area (Å²) in [6.45, 7) is 5.21. The number of nitrogens with zero attached hydrogens (tertiary/aromatic N) is 4. The van der Waals surface area contributed by atoms with Gasteiger partial charge in [0.05, 0.1) is 6.54 Å². The third kappa shape index (κ3) is 4.81. The Bertz CT molecular complexity index is 1100. The summed E-state index contributed by atoms with van der Waals surface area (Å²) in [4.78, 5) is 47.0. The second-order valence-corrected chi connectivity index (χ2v) is 12.7. The molecule has 6 rings (SSSR count). The SMILES string of the molecule is CC(C)N1C(=O)N(CC(F)F)C(=O)C12CC1CCC(C2)N1C[C@H]1CN(C(=O)C2CCC2)C[C@@H]1c1ccccc1.Cl. The highest BCUT2D eigenvalue weighted by molar-refractivity contribution is 6.07. The van der Waals surface area contributed by atoms with E-state index in [9.17, 15) is 23.2 Å². The lowest BCUT2D eigenvalue weighted by Gasteiger charge is -2.48. The standard InChI is InChI=1S/C30H40F2N4O3.ClH/c1-19(2)36-29(39)35(18-26(31)32)28(38)30(36)13-23-11-12-24(14-30)34(23)16-22-15-33(27(37)21-9-6-10-21)17-25(22)20-7-4-3-5-8-20;/h3-5,7-8,19,21-26H,6,9-18H2,1-2H3;1H/t22-,23?,24?,25-,30?;/m1./s1. The average molecular weight is 579 g/mol. The largest absolute Gasteiger partial charge is 0.341 e. The van der Waals surface area contributed by atoms with Gasteiger partial charge in [-0.15, -0.1) is 12.4 Å². The van der Waals surface area contributed by atoms with Gasteiger partial charge in [0.1, 0.15) is 5.54 Å². The Kier molecular flexibility index (Phi) is 8.18. The number of carbonyl (C=O) groups excluding carboxylic acids is 3. The second kappa shape index (κ2) is 11.2. The number of fused-ring (bicyclic) bond motifs is 2. The van der Waals surface area contributed by atoms with Gasteiger partial charge < -0.3 is 9.80 Å². The summed E-state index contributed by atoms with van der Waals surface area (Å²) in [6.07, 6.45) is 3.22. The molecular weight excluding hydrogens is 538 g/mol. The molecule has 4 amide bonds. The Balaban J connectivity index is 0.00000323. The molecule has 4 saturated heterocycles. The fourth-order valence-corrected chi connectivity index (χ4v) is 8.25. The number of alkyl halides is 2. The maximum absolute atomic E-state index is 13.6. The van der Waals surface area contributed by atoms with Crippen molar-refractivity contribution in [3.63, 3.8) is 0 Å². The maximum Gasteiger partial charge on any atom is 0.328 e. The molecule has 0 radical (unpaired) electrons. The molecule has 7 nitrogen and oxygen atoms in total. The second-order valence-electron chi connectivity index (χ2n) is 12.7. The summed E-state index contributed by atoms with van der Waals surface area (Å²) < 4.78 is 26.6. The molecule has 1 aromatic rings. The first-order valence-corrected chi connectivity index (χ1v) is 14.7. The van der Waals surface area contributed by atoms with Crippen LogP contribution in [0.25, 0.3) is 0 Å². The zero-order valence-corrected chi connectivity index (χ0v) is 24.2. The summed E-state index contributed by atoms with van der Waals surface area (Å²) in [5.41, 5.74) is 0.223. The van der Waals surface area contributed by atoms with Crippen LogP contribution in [0.5, 0.6) is 0 Å². The highest BCUT2D eigenvalue weighted by atomic mass is 35.5. The number of halogens is 3. The molecule has 40 heavy (non-hydrogen) atoms. The van der Waals surface area contributed by atoms with Crippen molar-refractivity contribution < 1.29 is 23.2 Å². The van der Waals surface area contributed by atoms with Crippen molar-refractivity contribution >= 4 is 30.3 Å². The minimum absolute atomic E-state index is 0. The Morgan fingerprint density at radius 1 is 1.00 bits per heavy atom. The van der Waals surface area contributed by atoms with E-state index in [1.54, 1.807) is 4.90 Å². The average Bonchev–Trinajstić information content (AvgIpc) is 3.45. The molecule has 4 atom stereocenters. The Hall–Kier alpha value is -2.26. The number of imide groups is 1. The van der Waals surface area contributed by atoms with Gasteiger partial charge in [-0.2, -0.15) is 0 Å². The van der Waals surface area contributed by atoms with E-state index < -0.39 is 30.4 Å². The van der Waals surface area contributed by atoms with Crippen LogP contribution in [-0.4, -0.2) is 93.7 Å². The smallest absolute Gasteiger partial charge is 0.328 e. The van der Waals surface area contributed by atoms with Crippen molar-refractivity contribution in [2.24, 2.45) is 11.8 Å². The summed E-state index contributed by atoms with van der Waals surface area (Å²) in [6, 6.07) is 9.86. The molecule has 1 aromatic carbocycles. The third-order valence-electron chi connectivity index (χ3n) is 10.2. The van der Waals surface area contributed by atoms with Crippen molar-refractivity contribution in [2.45, 2.75) is 94.8 Å². The van der Waals surface area contributed by atoms with Crippen LogP contribution in [0.2, 0.25) is 0 Å². The van der Waals surface area contributed by atoms with Crippen molar-refractivity contribution in [1.82, 2.24) is 19.6 Å². The van der Waals surface area contributed by atoms with E-state index in [2.05, 4.69) is 34.1 Å². The van der Waals surface area contributed by atoms with E-state index in [-0.39, 0.29) is 48.3 Å². The van der Waals surface area contributed by atoms with Gasteiger partial charge >= 0.3 is 6.03 Å². The normalized spacial score (nSPS) is 32.5. The van der Waals surface area contributed by atoms with Crippen LogP contribution in [0.1, 0.15) is 70.3 Å². The fourth-order valence-electron chi connectivity index (χ4n) is 8.25. The lowest BCUT2D eigenvalue weighted by molar-refractivity contribution is -0.139. The monoisotopic (exact) mass is 578 g/mol. The Morgan fingerprint density at radius 3 is 2.20 bits per heavy atom. The van der Waals surface area contributed by atoms with E-state index in [1.807, 2.05) is 19.9 Å². The van der Waals surface area contributed by atoms with Gasteiger partial charge in [-0.1, -0.05) is 36.8 Å². The van der Waals surface area contributed by atoms with Crippen LogP contribution < -0.4 is 0 Å². The highest BCUT2D eigenvalue weighted by Gasteiger charge is 2.63. The molecule has 4 aliphatic heterocycles. The minimum Gasteiger partial charge on any atom is -0.341 e. The van der Waals surface area contributed by atoms with Crippen molar-refractivity contribution in [3.8, 4) is 0 Å². The van der Waals surface area contributed by atoms with Crippen molar-refractivity contribution in [2.75, 3.05) is 26.2 Å². The van der Waals surface area contributed by atoms with Crippen molar-refractivity contribution in [3.05, 3.63) is 35.9 Å². The third-order valence-corrected chi connectivity index (χ3v) is 10.2. The number of carbonyl (C=O) groups is 3. The summed E-state index contributed by atoms with van der Waals surface area (Å²) in [5, 5.41) is 0. The molecular formula is C30H41ClF2N4O3. The van der Waals surface area contributed by atoms with Gasteiger partial charge in [-0.25, -0.2) is 13.6 Å². The van der Waals surface area contributed by atoms with Gasteiger partial charge in [-0.3, -0.25) is 19.4 Å². The molecule has 0 aromatic heterocycles. The molecule has 2 bridgehead atoms. The van der Waals surface area contributed by atoms with Crippen LogP contribution in [0.4, 0.5) is 13.6 Å². The summed E-state index contributed by atoms with van der Waals surface area (Å²) >= 11 is 0. The number of amides is 4. The van der Waals surface area contributed by atoms with Crippen LogP contribution in [-0.2, 0) is 9.59 Å². The van der Waals surface area contributed by atoms with E-state index in [1.165, 1.54) is 5.56 Å². The molecule has 220 valence electrons. The van der Waals surface area contributed by atoms with Crippen LogP contribution in [0, 0.1) is 11.8 Å². The first-order valence-electron chi connectivity index (χ1n) is 14.7. The number of likely N-dealkylation sites (tertiary alicyclic amines) is 1. The van der Waals surface area contributed by atoms with Crippen molar-refractivity contribution in [1.29, 1.82) is 0 Å². The quantitative estimate of drug-likeness (QED) is 0.438. The summed E-state index contributed by atoms with van der Waals surface area (Å²) in [5.74, 6) is 0.570. The zero-order chi connectivity index (χ0) is 27.5. The highest BCUT2D eigenvalue weighted by Crippen LogP contribution is 2.49. The molecule has 10 heteroatoms. The zero-order valence-electron chi connectivity index (χ0n) is 23.4. The van der Waals surface area contributed by atoms with E-state index in [0.29, 0.717) is 18.7 Å². The van der Waals surface area contributed by atoms with E-state index in [0.717, 1.165) is 56.6 Å². The molecule has 2 unspecified atom stereocenters. The number of benzene rings is 1. The molecule has 0 N–H and O–H groups in total. The maximum atomic E-state index is 13.6. The predicted molar refractivity (Wildman–Crippen MR) is 149 cm³/mol. The molecule has 5 aliphatic rings. The number of hydrogen-bond acceptors (Lipinski definition) is 4. The van der Waals surface area contributed by atoms with Crippen LogP contribution in [0.15, 0.2) is 30.3 Å². The summed E-state index contributed by atoms with van der Waals surface area (Å²) in [7, 11) is 0. The first-order chi connectivity index (χ1) is 18.7. The fraction of sp³-hybridized carbons (Fsp3) is 0.700. The molecule has 4 heterocycles. The van der Waals surface area contributed by atoms with Gasteiger partial charge in [0, 0.05) is 49.6 Å². The van der Waals surface area contributed by atoms with E-state index in [4.69, 9.17) is 0 Å². The molecule has 1 aliphatic carbocycles. The van der Waals surface area contributed by atoms with Gasteiger partial charge in [-0.05, 0) is 63.9 Å².